The van der Waals surface area contributed by atoms with Gasteiger partial charge in [-0.25, -0.2) is 9.67 Å². The molecule has 0 saturated heterocycles. The van der Waals surface area contributed by atoms with Crippen LogP contribution < -0.4 is 5.32 Å². The van der Waals surface area contributed by atoms with Crippen LogP contribution >= 0.6 is 0 Å². The Balaban J connectivity index is 1.69. The predicted octanol–water partition coefficient (Wildman–Crippen LogP) is 1.15. The van der Waals surface area contributed by atoms with Gasteiger partial charge in [0.1, 0.15) is 5.82 Å². The molecule has 6 heteroatoms. The van der Waals surface area contributed by atoms with Crippen LogP contribution in [0.25, 0.3) is 5.69 Å². The summed E-state index contributed by atoms with van der Waals surface area (Å²) >= 11 is 0. The first-order valence-electron chi connectivity index (χ1n) is 6.68. The highest BCUT2D eigenvalue weighted by Gasteiger charge is 2.29. The van der Waals surface area contributed by atoms with Gasteiger partial charge in [0, 0.05) is 18.7 Å². The maximum atomic E-state index is 11.6. The van der Waals surface area contributed by atoms with Crippen molar-refractivity contribution in [3.63, 3.8) is 0 Å². The zero-order chi connectivity index (χ0) is 13.9. The molecule has 1 amide bonds. The molecule has 2 heterocycles. The van der Waals surface area contributed by atoms with Gasteiger partial charge in [-0.15, -0.1) is 0 Å². The lowest BCUT2D eigenvalue weighted by molar-refractivity contribution is -0.117. The number of pyridine rings is 1. The van der Waals surface area contributed by atoms with E-state index in [0.29, 0.717) is 12.2 Å². The number of carbonyl (C=O) groups is 1. The zero-order valence-corrected chi connectivity index (χ0v) is 11.0. The standard InChI is InChI=1S/C14H16N4O2/c19-6-5-10-7-16-18(9-10)12-3-4-13(15-8-12)17-14(20)11-1-2-11/h3-4,7-9,11,19H,1-2,5-6H2,(H,15,17,20). The number of aliphatic hydroxyl groups excluding tert-OH is 1. The van der Waals surface area contributed by atoms with Crippen molar-refractivity contribution in [2.45, 2.75) is 19.3 Å². The minimum Gasteiger partial charge on any atom is -0.396 e. The molecule has 1 saturated carbocycles. The van der Waals surface area contributed by atoms with Crippen LogP contribution in [0.1, 0.15) is 18.4 Å². The molecule has 0 unspecified atom stereocenters. The summed E-state index contributed by atoms with van der Waals surface area (Å²) in [5.41, 5.74) is 1.79. The Hall–Kier alpha value is -2.21. The molecule has 0 bridgehead atoms. The molecular weight excluding hydrogens is 256 g/mol. The summed E-state index contributed by atoms with van der Waals surface area (Å²) in [6.45, 7) is 0.107. The number of rotatable bonds is 5. The normalized spacial score (nSPS) is 14.2. The first kappa shape index (κ1) is 12.8. The number of hydrogen-bond donors (Lipinski definition) is 2. The fourth-order valence-electron chi connectivity index (χ4n) is 1.93. The van der Waals surface area contributed by atoms with Crippen LogP contribution in [0.4, 0.5) is 5.82 Å². The summed E-state index contributed by atoms with van der Waals surface area (Å²) < 4.78 is 1.70. The highest BCUT2D eigenvalue weighted by Crippen LogP contribution is 2.29. The quantitative estimate of drug-likeness (QED) is 0.855. The van der Waals surface area contributed by atoms with E-state index in [1.807, 2.05) is 12.3 Å². The van der Waals surface area contributed by atoms with Gasteiger partial charge in [0.05, 0.1) is 18.1 Å². The third kappa shape index (κ3) is 2.85. The highest BCUT2D eigenvalue weighted by atomic mass is 16.3. The number of carbonyl (C=O) groups excluding carboxylic acids is 1. The van der Waals surface area contributed by atoms with Gasteiger partial charge in [-0.3, -0.25) is 4.79 Å². The molecule has 0 atom stereocenters. The van der Waals surface area contributed by atoms with Crippen molar-refractivity contribution in [2.75, 3.05) is 11.9 Å². The maximum Gasteiger partial charge on any atom is 0.228 e. The van der Waals surface area contributed by atoms with Crippen molar-refractivity contribution in [1.29, 1.82) is 0 Å². The number of aromatic nitrogens is 3. The Labute approximate surface area is 116 Å². The second-order valence-electron chi connectivity index (χ2n) is 4.93. The summed E-state index contributed by atoms with van der Waals surface area (Å²) in [6.07, 6.45) is 7.78. The number of anilines is 1. The molecule has 0 aliphatic heterocycles. The van der Waals surface area contributed by atoms with Crippen LogP contribution in [-0.2, 0) is 11.2 Å². The van der Waals surface area contributed by atoms with Crippen LogP contribution in [0, 0.1) is 5.92 Å². The van der Waals surface area contributed by atoms with E-state index in [4.69, 9.17) is 5.11 Å². The molecule has 6 nitrogen and oxygen atoms in total. The van der Waals surface area contributed by atoms with Crippen molar-refractivity contribution >= 4 is 11.7 Å². The molecule has 20 heavy (non-hydrogen) atoms. The van der Waals surface area contributed by atoms with E-state index in [-0.39, 0.29) is 18.4 Å². The van der Waals surface area contributed by atoms with Crippen LogP contribution in [-0.4, -0.2) is 32.4 Å². The second-order valence-corrected chi connectivity index (χ2v) is 4.93. The third-order valence-electron chi connectivity index (χ3n) is 3.25. The Morgan fingerprint density at radius 2 is 2.25 bits per heavy atom. The van der Waals surface area contributed by atoms with Gasteiger partial charge in [0.25, 0.3) is 0 Å². The van der Waals surface area contributed by atoms with Crippen molar-refractivity contribution in [2.24, 2.45) is 5.92 Å². The highest BCUT2D eigenvalue weighted by molar-refractivity contribution is 5.93. The largest absolute Gasteiger partial charge is 0.396 e. The molecule has 1 aliphatic rings. The number of nitrogens with zero attached hydrogens (tertiary/aromatic N) is 3. The molecule has 0 radical (unpaired) electrons. The van der Waals surface area contributed by atoms with E-state index in [2.05, 4.69) is 15.4 Å². The third-order valence-corrected chi connectivity index (χ3v) is 3.25. The summed E-state index contributed by atoms with van der Waals surface area (Å²) in [6, 6.07) is 3.62. The maximum absolute atomic E-state index is 11.6. The van der Waals surface area contributed by atoms with Gasteiger partial charge >= 0.3 is 0 Å². The van der Waals surface area contributed by atoms with Crippen LogP contribution in [0.2, 0.25) is 0 Å². The Morgan fingerprint density at radius 1 is 1.40 bits per heavy atom. The molecule has 0 spiro atoms. The van der Waals surface area contributed by atoms with Gasteiger partial charge in [-0.2, -0.15) is 5.10 Å². The van der Waals surface area contributed by atoms with Gasteiger partial charge in [0.15, 0.2) is 0 Å². The molecule has 0 aromatic carbocycles. The molecule has 2 aromatic rings. The molecule has 1 fully saturated rings. The Kier molecular flexibility index (Phi) is 3.47. The first-order valence-corrected chi connectivity index (χ1v) is 6.68. The lowest BCUT2D eigenvalue weighted by Gasteiger charge is -2.05. The Bertz CT molecular complexity index is 602. The molecule has 1 aliphatic carbocycles. The molecule has 2 aromatic heterocycles. The monoisotopic (exact) mass is 272 g/mol. The smallest absolute Gasteiger partial charge is 0.228 e. The van der Waals surface area contributed by atoms with Crippen LogP contribution in [0.5, 0.6) is 0 Å². The predicted molar refractivity (Wildman–Crippen MR) is 73.5 cm³/mol. The summed E-state index contributed by atoms with van der Waals surface area (Å²) in [5, 5.41) is 15.9. The van der Waals surface area contributed by atoms with Crippen molar-refractivity contribution in [3.8, 4) is 5.69 Å². The van der Waals surface area contributed by atoms with E-state index in [0.717, 1.165) is 24.1 Å². The van der Waals surface area contributed by atoms with Gasteiger partial charge in [0.2, 0.25) is 5.91 Å². The summed E-state index contributed by atoms with van der Waals surface area (Å²) in [4.78, 5) is 15.8. The summed E-state index contributed by atoms with van der Waals surface area (Å²) in [7, 11) is 0. The number of aliphatic hydroxyl groups is 1. The lowest BCUT2D eigenvalue weighted by atomic mass is 10.3. The molecule has 2 N–H and O–H groups in total. The zero-order valence-electron chi connectivity index (χ0n) is 11.0. The molecular formula is C14H16N4O2. The van der Waals surface area contributed by atoms with Gasteiger partial charge in [-0.1, -0.05) is 0 Å². The number of hydrogen-bond acceptors (Lipinski definition) is 4. The van der Waals surface area contributed by atoms with E-state index in [1.165, 1.54) is 0 Å². The van der Waals surface area contributed by atoms with Gasteiger partial charge < -0.3 is 10.4 Å². The van der Waals surface area contributed by atoms with Crippen molar-refractivity contribution in [1.82, 2.24) is 14.8 Å². The van der Waals surface area contributed by atoms with E-state index in [9.17, 15) is 4.79 Å². The van der Waals surface area contributed by atoms with E-state index < -0.39 is 0 Å². The van der Waals surface area contributed by atoms with Crippen LogP contribution in [0.3, 0.4) is 0 Å². The average Bonchev–Trinajstić information content (AvgIpc) is 3.21. The Morgan fingerprint density at radius 3 is 2.90 bits per heavy atom. The SMILES string of the molecule is O=C(Nc1ccc(-n2cc(CCO)cn2)cn1)C1CC1. The first-order chi connectivity index (χ1) is 9.76. The van der Waals surface area contributed by atoms with E-state index in [1.54, 1.807) is 23.1 Å². The second kappa shape index (κ2) is 5.42. The minimum atomic E-state index is 0.0505. The lowest BCUT2D eigenvalue weighted by Crippen LogP contribution is -2.14. The van der Waals surface area contributed by atoms with E-state index >= 15 is 0 Å². The molecule has 104 valence electrons. The average molecular weight is 272 g/mol. The fraction of sp³-hybridized carbons (Fsp3) is 0.357. The van der Waals surface area contributed by atoms with Crippen molar-refractivity contribution in [3.05, 3.63) is 36.3 Å². The van der Waals surface area contributed by atoms with Crippen LogP contribution in [0.15, 0.2) is 30.7 Å². The number of amides is 1. The molecule has 3 rings (SSSR count). The van der Waals surface area contributed by atoms with Crippen molar-refractivity contribution < 1.29 is 9.90 Å². The minimum absolute atomic E-state index is 0.0505. The fourth-order valence-corrected chi connectivity index (χ4v) is 1.93. The topological polar surface area (TPSA) is 80.0 Å². The van der Waals surface area contributed by atoms with Gasteiger partial charge in [-0.05, 0) is 37.0 Å². The summed E-state index contributed by atoms with van der Waals surface area (Å²) in [5.74, 6) is 0.784. The number of nitrogens with one attached hydrogen (secondary N) is 1.